The number of carbonyl (C=O) groups is 1. The van der Waals surface area contributed by atoms with Gasteiger partial charge in [0.25, 0.3) is 0 Å². The largest absolute Gasteiger partial charge is 0.494 e. The topological polar surface area (TPSA) is 32.8 Å². The van der Waals surface area contributed by atoms with Crippen LogP contribution in [0.1, 0.15) is 51.5 Å². The van der Waals surface area contributed by atoms with Gasteiger partial charge in [0.05, 0.1) is 12.1 Å². The van der Waals surface area contributed by atoms with Gasteiger partial charge in [0, 0.05) is 31.2 Å². The minimum atomic E-state index is -0.294. The van der Waals surface area contributed by atoms with E-state index in [-0.39, 0.29) is 17.3 Å². The number of anilines is 1. The maximum atomic E-state index is 13.8. The number of amides is 1. The molecule has 2 atom stereocenters. The lowest BCUT2D eigenvalue weighted by Gasteiger charge is -2.48. The molecule has 0 bridgehead atoms. The predicted octanol–water partition coefficient (Wildman–Crippen LogP) is 5.16. The minimum absolute atomic E-state index is 0.113. The molecule has 2 fully saturated rings. The molecule has 2 aliphatic rings. The number of hydrogen-bond donors (Lipinski definition) is 0. The Hall–Kier alpha value is -2.40. The second-order valence-electron chi connectivity index (χ2n) is 8.70. The Morgan fingerprint density at radius 2 is 2.00 bits per heavy atom. The number of hydrogen-bond acceptors (Lipinski definition) is 3. The van der Waals surface area contributed by atoms with Crippen molar-refractivity contribution >= 4 is 11.6 Å². The molecule has 2 saturated heterocycles. The first kappa shape index (κ1) is 20.9. The second kappa shape index (κ2) is 8.76. The van der Waals surface area contributed by atoms with Gasteiger partial charge >= 0.3 is 0 Å². The average Bonchev–Trinajstić information content (AvgIpc) is 3.04. The molecule has 0 radical (unpaired) electrons. The molecule has 4 rings (SSSR count). The molecule has 2 aliphatic heterocycles. The van der Waals surface area contributed by atoms with Crippen molar-refractivity contribution in [2.75, 3.05) is 18.1 Å². The van der Waals surface area contributed by atoms with E-state index in [1.165, 1.54) is 17.7 Å². The van der Waals surface area contributed by atoms with E-state index in [2.05, 4.69) is 36.9 Å². The maximum absolute atomic E-state index is 13.8. The van der Waals surface area contributed by atoms with Crippen molar-refractivity contribution in [2.24, 2.45) is 0 Å². The zero-order valence-corrected chi connectivity index (χ0v) is 17.9. The molecule has 1 amide bonds. The van der Waals surface area contributed by atoms with Crippen molar-refractivity contribution < 1.29 is 13.9 Å². The van der Waals surface area contributed by atoms with Gasteiger partial charge in [0.2, 0.25) is 5.91 Å². The molecule has 2 aromatic carbocycles. The second-order valence-corrected chi connectivity index (χ2v) is 8.70. The molecule has 30 heavy (non-hydrogen) atoms. The lowest BCUT2D eigenvalue weighted by Crippen LogP contribution is -2.56. The van der Waals surface area contributed by atoms with Crippen molar-refractivity contribution in [1.82, 2.24) is 4.90 Å². The Balaban J connectivity index is 1.48. The molecular weight excluding hydrogens is 379 g/mol. The van der Waals surface area contributed by atoms with Gasteiger partial charge in [0.15, 0.2) is 0 Å². The third-order valence-electron chi connectivity index (χ3n) is 6.51. The summed E-state index contributed by atoms with van der Waals surface area (Å²) in [6.45, 7) is 6.87. The van der Waals surface area contributed by atoms with E-state index >= 15 is 0 Å². The van der Waals surface area contributed by atoms with Crippen LogP contribution in [0.3, 0.4) is 0 Å². The summed E-state index contributed by atoms with van der Waals surface area (Å²) in [6.07, 6.45) is 4.20. The zero-order chi connectivity index (χ0) is 21.1. The Labute approximate surface area is 178 Å². The summed E-state index contributed by atoms with van der Waals surface area (Å²) in [7, 11) is 0. The summed E-state index contributed by atoms with van der Waals surface area (Å²) in [5, 5.41) is 0. The SMILES string of the molecule is CCCOc1cccc(CN2CC[C@@]3(CCC(=O)N3c3cccc(F)c3)C[C@H]2C)c1. The standard InChI is InChI=1S/C25H31FN2O2/c1-3-14-30-23-9-4-6-20(15-23)18-27-13-12-25(17-19(27)2)11-10-24(29)28(25)22-8-5-7-21(26)16-22/h4-9,15-16,19H,3,10-14,17-18H2,1-2H3/t19-,25+/m1/s1. The van der Waals surface area contributed by atoms with Crippen molar-refractivity contribution in [2.45, 2.75) is 64.1 Å². The average molecular weight is 411 g/mol. The van der Waals surface area contributed by atoms with Gasteiger partial charge < -0.3 is 9.64 Å². The van der Waals surface area contributed by atoms with Gasteiger partial charge in [-0.3, -0.25) is 9.69 Å². The molecule has 0 unspecified atom stereocenters. The van der Waals surface area contributed by atoms with Gasteiger partial charge in [-0.25, -0.2) is 4.39 Å². The number of piperidine rings is 1. The highest BCUT2D eigenvalue weighted by atomic mass is 19.1. The first-order valence-corrected chi connectivity index (χ1v) is 11.1. The number of halogens is 1. The number of rotatable bonds is 6. The quantitative estimate of drug-likeness (QED) is 0.659. The molecule has 4 nitrogen and oxygen atoms in total. The molecule has 0 saturated carbocycles. The first-order valence-electron chi connectivity index (χ1n) is 11.1. The fourth-order valence-electron chi connectivity index (χ4n) is 5.07. The van der Waals surface area contributed by atoms with Crippen LogP contribution in [0.2, 0.25) is 0 Å². The van der Waals surface area contributed by atoms with E-state index in [4.69, 9.17) is 4.74 Å². The van der Waals surface area contributed by atoms with Crippen LogP contribution in [0, 0.1) is 5.82 Å². The van der Waals surface area contributed by atoms with Crippen molar-refractivity contribution in [3.05, 3.63) is 59.9 Å². The van der Waals surface area contributed by atoms with Gasteiger partial charge in [-0.15, -0.1) is 0 Å². The molecule has 1 spiro atoms. The third kappa shape index (κ3) is 4.22. The van der Waals surface area contributed by atoms with Crippen LogP contribution >= 0.6 is 0 Å². The van der Waals surface area contributed by atoms with Gasteiger partial charge in [-0.1, -0.05) is 25.1 Å². The number of benzene rings is 2. The van der Waals surface area contributed by atoms with Crippen LogP contribution in [0.4, 0.5) is 10.1 Å². The summed E-state index contributed by atoms with van der Waals surface area (Å²) in [5.74, 6) is 0.745. The predicted molar refractivity (Wildman–Crippen MR) is 117 cm³/mol. The van der Waals surface area contributed by atoms with Gasteiger partial charge in [-0.2, -0.15) is 0 Å². The monoisotopic (exact) mass is 410 g/mol. The number of nitrogens with zero attached hydrogens (tertiary/aromatic N) is 2. The zero-order valence-electron chi connectivity index (χ0n) is 17.9. The molecule has 0 aliphatic carbocycles. The Bertz CT molecular complexity index is 902. The van der Waals surface area contributed by atoms with Crippen molar-refractivity contribution in [3.8, 4) is 5.75 Å². The summed E-state index contributed by atoms with van der Waals surface area (Å²) < 4.78 is 19.6. The smallest absolute Gasteiger partial charge is 0.227 e. The third-order valence-corrected chi connectivity index (χ3v) is 6.51. The summed E-state index contributed by atoms with van der Waals surface area (Å²) in [6, 6.07) is 15.1. The summed E-state index contributed by atoms with van der Waals surface area (Å²) >= 11 is 0. The first-order chi connectivity index (χ1) is 14.5. The van der Waals surface area contributed by atoms with Crippen molar-refractivity contribution in [3.63, 3.8) is 0 Å². The van der Waals surface area contributed by atoms with Gasteiger partial charge in [0.1, 0.15) is 11.6 Å². The lowest BCUT2D eigenvalue weighted by molar-refractivity contribution is -0.117. The van der Waals surface area contributed by atoms with E-state index < -0.39 is 0 Å². The molecule has 0 aromatic heterocycles. The highest BCUT2D eigenvalue weighted by Gasteiger charge is 2.49. The minimum Gasteiger partial charge on any atom is -0.494 e. The number of likely N-dealkylation sites (tertiary alicyclic amines) is 1. The van der Waals surface area contributed by atoms with E-state index in [0.717, 1.165) is 51.1 Å². The highest BCUT2D eigenvalue weighted by Crippen LogP contribution is 2.44. The molecule has 0 N–H and O–H groups in total. The van der Waals surface area contributed by atoms with E-state index in [0.29, 0.717) is 18.2 Å². The van der Waals surface area contributed by atoms with Crippen molar-refractivity contribution in [1.29, 1.82) is 0 Å². The van der Waals surface area contributed by atoms with E-state index in [9.17, 15) is 9.18 Å². The number of carbonyl (C=O) groups excluding carboxylic acids is 1. The van der Waals surface area contributed by atoms with Crippen LogP contribution in [-0.2, 0) is 11.3 Å². The Morgan fingerprint density at radius 1 is 1.17 bits per heavy atom. The molecule has 5 heteroatoms. The number of ether oxygens (including phenoxy) is 1. The van der Waals surface area contributed by atoms with Gasteiger partial charge in [-0.05, 0) is 68.5 Å². The normalized spacial score (nSPS) is 24.6. The lowest BCUT2D eigenvalue weighted by atomic mass is 9.81. The van der Waals surface area contributed by atoms with Crippen LogP contribution < -0.4 is 9.64 Å². The fourth-order valence-corrected chi connectivity index (χ4v) is 5.07. The van der Waals surface area contributed by atoms with Crippen LogP contribution in [0.5, 0.6) is 5.75 Å². The molecule has 2 heterocycles. The molecule has 2 aromatic rings. The van der Waals surface area contributed by atoms with E-state index in [1.54, 1.807) is 6.07 Å². The maximum Gasteiger partial charge on any atom is 0.227 e. The summed E-state index contributed by atoms with van der Waals surface area (Å²) in [5.41, 5.74) is 1.74. The molecular formula is C25H31FN2O2. The van der Waals surface area contributed by atoms with E-state index in [1.807, 2.05) is 17.0 Å². The Morgan fingerprint density at radius 3 is 2.77 bits per heavy atom. The highest BCUT2D eigenvalue weighted by molar-refractivity contribution is 5.97. The van der Waals surface area contributed by atoms with Crippen LogP contribution in [-0.4, -0.2) is 35.5 Å². The van der Waals surface area contributed by atoms with Crippen LogP contribution in [0.15, 0.2) is 48.5 Å². The fraction of sp³-hybridized carbons (Fsp3) is 0.480. The summed E-state index contributed by atoms with van der Waals surface area (Å²) in [4.78, 5) is 17.1. The van der Waals surface area contributed by atoms with Crippen LogP contribution in [0.25, 0.3) is 0 Å². The molecule has 160 valence electrons. The Kier molecular flexibility index (Phi) is 6.09.